The van der Waals surface area contributed by atoms with E-state index in [1.807, 2.05) is 17.3 Å². The number of rotatable bonds is 5. The quantitative estimate of drug-likeness (QED) is 0.827. The number of hydrogen-bond acceptors (Lipinski definition) is 5. The van der Waals surface area contributed by atoms with Gasteiger partial charge in [0.25, 0.3) is 0 Å². The first kappa shape index (κ1) is 14.8. The van der Waals surface area contributed by atoms with Crippen molar-refractivity contribution < 1.29 is 8.42 Å². The van der Waals surface area contributed by atoms with Gasteiger partial charge in [-0.15, -0.1) is 0 Å². The molecule has 0 radical (unpaired) electrons. The number of sulfonamides is 1. The number of nitrogen functional groups attached to an aromatic ring is 1. The van der Waals surface area contributed by atoms with E-state index in [-0.39, 0.29) is 10.6 Å². The Kier molecular flexibility index (Phi) is 4.32. The average molecular weight is 311 g/mol. The molecule has 0 aliphatic rings. The van der Waals surface area contributed by atoms with Crippen molar-refractivity contribution in [2.24, 2.45) is 0 Å². The molecule has 0 fully saturated rings. The fourth-order valence-electron chi connectivity index (χ4n) is 1.88. The summed E-state index contributed by atoms with van der Waals surface area (Å²) < 4.78 is 25.8. The Morgan fingerprint density at radius 1 is 1.35 bits per heavy atom. The lowest BCUT2D eigenvalue weighted by molar-refractivity contribution is 0.588. The minimum atomic E-state index is -3.51. The highest BCUT2D eigenvalue weighted by Gasteiger charge is 2.16. The van der Waals surface area contributed by atoms with Crippen molar-refractivity contribution in [1.29, 1.82) is 0 Å². The van der Waals surface area contributed by atoms with Crippen LogP contribution in [-0.2, 0) is 16.6 Å². The van der Waals surface area contributed by atoms with Gasteiger partial charge in [0.15, 0.2) is 0 Å². The second kappa shape index (κ2) is 5.82. The maximum Gasteiger partial charge on any atom is 0.242 e. The molecule has 1 heterocycles. The van der Waals surface area contributed by atoms with Crippen LogP contribution >= 0.6 is 11.3 Å². The minimum absolute atomic E-state index is 0.104. The number of nitrogens with two attached hydrogens (primary N) is 1. The summed E-state index contributed by atoms with van der Waals surface area (Å²) in [6.07, 6.45) is 0. The number of anilines is 2. The zero-order chi connectivity index (χ0) is 14.8. The maximum absolute atomic E-state index is 11.8. The second-order valence-corrected chi connectivity index (χ2v) is 7.05. The predicted molar refractivity (Wildman–Crippen MR) is 83.5 cm³/mol. The van der Waals surface area contributed by atoms with Crippen LogP contribution in [0.5, 0.6) is 0 Å². The van der Waals surface area contributed by atoms with E-state index in [4.69, 9.17) is 5.73 Å². The first-order chi connectivity index (χ1) is 9.44. The summed E-state index contributed by atoms with van der Waals surface area (Å²) >= 11 is 1.65. The lowest BCUT2D eigenvalue weighted by Gasteiger charge is -2.20. The van der Waals surface area contributed by atoms with E-state index < -0.39 is 10.0 Å². The minimum Gasteiger partial charge on any atom is -0.398 e. The summed E-state index contributed by atoms with van der Waals surface area (Å²) in [6, 6.07) is 7.02. The fraction of sp³-hybridized carbons (Fsp3) is 0.231. The van der Waals surface area contributed by atoms with E-state index in [2.05, 4.69) is 16.2 Å². The van der Waals surface area contributed by atoms with Gasteiger partial charge in [0, 0.05) is 19.3 Å². The lowest BCUT2D eigenvalue weighted by atomic mass is 10.2. The molecule has 5 nitrogen and oxygen atoms in total. The van der Waals surface area contributed by atoms with Gasteiger partial charge in [-0.3, -0.25) is 0 Å². The number of nitrogens with zero attached hydrogens (tertiary/aromatic N) is 1. The van der Waals surface area contributed by atoms with Crippen LogP contribution in [0.25, 0.3) is 0 Å². The van der Waals surface area contributed by atoms with E-state index in [1.165, 1.54) is 18.7 Å². The van der Waals surface area contributed by atoms with E-state index in [0.29, 0.717) is 0 Å². The predicted octanol–water partition coefficient (Wildman–Crippen LogP) is 1.87. The molecule has 108 valence electrons. The van der Waals surface area contributed by atoms with Crippen LogP contribution in [0.15, 0.2) is 39.9 Å². The highest BCUT2D eigenvalue weighted by Crippen LogP contribution is 2.25. The molecule has 0 saturated carbocycles. The van der Waals surface area contributed by atoms with Gasteiger partial charge < -0.3 is 10.6 Å². The Balaban J connectivity index is 2.25. The first-order valence-corrected chi connectivity index (χ1v) is 8.42. The van der Waals surface area contributed by atoms with Gasteiger partial charge in [0.05, 0.1) is 5.69 Å². The molecule has 2 aromatic rings. The van der Waals surface area contributed by atoms with Crippen molar-refractivity contribution in [1.82, 2.24) is 4.72 Å². The standard InChI is InChI=1S/C13H17N3O2S2/c1-15-20(17,18)13-4-3-11(7-12(13)14)16(2)8-10-5-6-19-9-10/h3-7,9,15H,8,14H2,1-2H3. The average Bonchev–Trinajstić information content (AvgIpc) is 2.91. The zero-order valence-corrected chi connectivity index (χ0v) is 13.0. The maximum atomic E-state index is 11.8. The number of benzene rings is 1. The molecule has 2 rings (SSSR count). The molecule has 0 spiro atoms. The Morgan fingerprint density at radius 2 is 2.10 bits per heavy atom. The van der Waals surface area contributed by atoms with Crippen molar-refractivity contribution in [3.63, 3.8) is 0 Å². The molecule has 0 bridgehead atoms. The van der Waals surface area contributed by atoms with Gasteiger partial charge in [0.2, 0.25) is 10.0 Å². The van der Waals surface area contributed by atoms with Crippen molar-refractivity contribution in [2.75, 3.05) is 24.7 Å². The van der Waals surface area contributed by atoms with Crippen LogP contribution in [0.3, 0.4) is 0 Å². The summed E-state index contributed by atoms with van der Waals surface area (Å²) in [7, 11) is -0.204. The molecule has 3 N–H and O–H groups in total. The van der Waals surface area contributed by atoms with Crippen LogP contribution in [0, 0.1) is 0 Å². The molecule has 0 saturated heterocycles. The van der Waals surface area contributed by atoms with Crippen molar-refractivity contribution in [3.8, 4) is 0 Å². The molecule has 0 amide bonds. The van der Waals surface area contributed by atoms with Gasteiger partial charge in [-0.25, -0.2) is 13.1 Å². The van der Waals surface area contributed by atoms with E-state index in [1.54, 1.807) is 23.5 Å². The van der Waals surface area contributed by atoms with E-state index in [9.17, 15) is 8.42 Å². The molecular formula is C13H17N3O2S2. The van der Waals surface area contributed by atoms with Gasteiger partial charge in [-0.05, 0) is 47.6 Å². The summed E-state index contributed by atoms with van der Waals surface area (Å²) in [5.74, 6) is 0. The largest absolute Gasteiger partial charge is 0.398 e. The number of hydrogen-bond donors (Lipinski definition) is 2. The molecule has 7 heteroatoms. The van der Waals surface area contributed by atoms with Crippen LogP contribution < -0.4 is 15.4 Å². The monoisotopic (exact) mass is 311 g/mol. The first-order valence-electron chi connectivity index (χ1n) is 5.99. The van der Waals surface area contributed by atoms with Crippen LogP contribution in [-0.4, -0.2) is 22.5 Å². The van der Waals surface area contributed by atoms with Crippen LogP contribution in [0.1, 0.15) is 5.56 Å². The smallest absolute Gasteiger partial charge is 0.242 e. The summed E-state index contributed by atoms with van der Waals surface area (Å²) in [5.41, 5.74) is 8.18. The zero-order valence-electron chi connectivity index (χ0n) is 11.3. The molecular weight excluding hydrogens is 294 g/mol. The van der Waals surface area contributed by atoms with Gasteiger partial charge in [0.1, 0.15) is 4.90 Å². The summed E-state index contributed by atoms with van der Waals surface area (Å²) in [5, 5.41) is 4.11. The van der Waals surface area contributed by atoms with Crippen molar-refractivity contribution >= 4 is 32.7 Å². The van der Waals surface area contributed by atoms with E-state index in [0.717, 1.165) is 12.2 Å². The molecule has 0 atom stereocenters. The third-order valence-electron chi connectivity index (χ3n) is 2.99. The third-order valence-corrected chi connectivity index (χ3v) is 5.21. The Hall–Kier alpha value is -1.57. The van der Waals surface area contributed by atoms with E-state index >= 15 is 0 Å². The molecule has 20 heavy (non-hydrogen) atoms. The highest BCUT2D eigenvalue weighted by atomic mass is 32.2. The number of thiophene rings is 1. The van der Waals surface area contributed by atoms with Crippen LogP contribution in [0.2, 0.25) is 0 Å². The molecule has 0 unspecified atom stereocenters. The van der Waals surface area contributed by atoms with Crippen molar-refractivity contribution in [3.05, 3.63) is 40.6 Å². The Morgan fingerprint density at radius 3 is 2.65 bits per heavy atom. The molecule has 1 aromatic heterocycles. The highest BCUT2D eigenvalue weighted by molar-refractivity contribution is 7.89. The summed E-state index contributed by atoms with van der Waals surface area (Å²) in [4.78, 5) is 2.13. The second-order valence-electron chi connectivity index (χ2n) is 4.42. The SMILES string of the molecule is CNS(=O)(=O)c1ccc(N(C)Cc2ccsc2)cc1N. The number of nitrogens with one attached hydrogen (secondary N) is 1. The normalized spacial score (nSPS) is 11.5. The lowest BCUT2D eigenvalue weighted by Crippen LogP contribution is -2.21. The molecule has 0 aliphatic carbocycles. The van der Waals surface area contributed by atoms with Crippen molar-refractivity contribution in [2.45, 2.75) is 11.4 Å². The third kappa shape index (κ3) is 3.12. The molecule has 1 aromatic carbocycles. The van der Waals surface area contributed by atoms with Gasteiger partial charge in [-0.1, -0.05) is 0 Å². The Labute approximate surface area is 123 Å². The Bertz CT molecular complexity index is 682. The fourth-order valence-corrected chi connectivity index (χ4v) is 3.37. The molecule has 0 aliphatic heterocycles. The summed E-state index contributed by atoms with van der Waals surface area (Å²) in [6.45, 7) is 0.751. The topological polar surface area (TPSA) is 75.4 Å². The van der Waals surface area contributed by atoms with Gasteiger partial charge >= 0.3 is 0 Å². The van der Waals surface area contributed by atoms with Crippen LogP contribution in [0.4, 0.5) is 11.4 Å². The van der Waals surface area contributed by atoms with Gasteiger partial charge in [-0.2, -0.15) is 11.3 Å².